The van der Waals surface area contributed by atoms with E-state index in [9.17, 15) is 14.9 Å². The second kappa shape index (κ2) is 8.65. The predicted molar refractivity (Wildman–Crippen MR) is 118 cm³/mol. The molecule has 0 aromatic heterocycles. The fourth-order valence-corrected chi connectivity index (χ4v) is 3.48. The molecule has 0 unspecified atom stereocenters. The molecule has 1 amide bonds. The van der Waals surface area contributed by atoms with Crippen LogP contribution in [-0.4, -0.2) is 17.4 Å². The molecule has 1 aliphatic rings. The van der Waals surface area contributed by atoms with Crippen LogP contribution in [0.2, 0.25) is 5.02 Å². The largest absolute Gasteiger partial charge is 0.456 e. The summed E-state index contributed by atoms with van der Waals surface area (Å²) in [6.07, 6.45) is 1.68. The lowest BCUT2D eigenvalue weighted by Gasteiger charge is -2.22. The van der Waals surface area contributed by atoms with E-state index in [1.54, 1.807) is 47.4 Å². The van der Waals surface area contributed by atoms with Gasteiger partial charge in [-0.1, -0.05) is 37.1 Å². The van der Waals surface area contributed by atoms with Crippen molar-refractivity contribution in [3.63, 3.8) is 0 Å². The van der Waals surface area contributed by atoms with E-state index in [0.29, 0.717) is 28.8 Å². The van der Waals surface area contributed by atoms with E-state index in [1.165, 1.54) is 12.1 Å². The van der Waals surface area contributed by atoms with Gasteiger partial charge in [-0.05, 0) is 42.8 Å². The maximum Gasteiger partial charge on any atom is 0.276 e. The zero-order chi connectivity index (χ0) is 22.0. The molecule has 0 aliphatic carbocycles. The van der Waals surface area contributed by atoms with Gasteiger partial charge in [0.2, 0.25) is 0 Å². The molecule has 0 N–H and O–H groups in total. The number of nitro groups is 1. The molecule has 0 saturated heterocycles. The molecule has 4 rings (SSSR count). The summed E-state index contributed by atoms with van der Waals surface area (Å²) in [6, 6.07) is 16.1. The molecule has 1 heterocycles. The Morgan fingerprint density at radius 3 is 2.55 bits per heavy atom. The van der Waals surface area contributed by atoms with E-state index < -0.39 is 4.92 Å². The summed E-state index contributed by atoms with van der Waals surface area (Å²) in [7, 11) is 0. The van der Waals surface area contributed by atoms with Gasteiger partial charge in [-0.25, -0.2) is 0 Å². The molecule has 1 aliphatic heterocycles. The number of nitro benzene ring substituents is 1. The number of halogens is 1. The number of amides is 1. The van der Waals surface area contributed by atoms with Crippen LogP contribution in [0.1, 0.15) is 30.1 Å². The average Bonchev–Trinajstić information content (AvgIpc) is 2.87. The van der Waals surface area contributed by atoms with Gasteiger partial charge in [-0.3, -0.25) is 14.9 Å². The smallest absolute Gasteiger partial charge is 0.276 e. The number of unbranched alkanes of at least 4 members (excludes halogenated alkanes) is 1. The van der Waals surface area contributed by atoms with Gasteiger partial charge in [0.25, 0.3) is 11.6 Å². The van der Waals surface area contributed by atoms with Crippen molar-refractivity contribution in [3.05, 3.63) is 81.4 Å². The number of anilines is 1. The minimum atomic E-state index is -0.547. The standard InChI is InChI=1S/C23H19ClN2O5/c1-2-3-12-25-18-6-4-5-7-19(18)31-21-14-16(26(28)29)13-20(22(21)23(25)27)30-17-10-8-15(24)9-11-17/h4-11,13-14H,2-3,12H2,1H3. The van der Waals surface area contributed by atoms with Gasteiger partial charge in [-0.2, -0.15) is 0 Å². The summed E-state index contributed by atoms with van der Waals surface area (Å²) < 4.78 is 11.9. The molecule has 0 radical (unpaired) electrons. The Morgan fingerprint density at radius 2 is 1.84 bits per heavy atom. The number of nitrogens with zero attached hydrogens (tertiary/aromatic N) is 2. The van der Waals surface area contributed by atoms with Gasteiger partial charge in [0, 0.05) is 11.6 Å². The van der Waals surface area contributed by atoms with E-state index >= 15 is 0 Å². The van der Waals surface area contributed by atoms with Gasteiger partial charge in [-0.15, -0.1) is 0 Å². The van der Waals surface area contributed by atoms with Gasteiger partial charge >= 0.3 is 0 Å². The number of fused-ring (bicyclic) bond motifs is 2. The summed E-state index contributed by atoms with van der Waals surface area (Å²) in [4.78, 5) is 26.2. The highest BCUT2D eigenvalue weighted by Crippen LogP contribution is 2.45. The van der Waals surface area contributed by atoms with Crippen LogP contribution in [0.15, 0.2) is 60.7 Å². The summed E-state index contributed by atoms with van der Waals surface area (Å²) in [5.74, 6) is 0.623. The summed E-state index contributed by atoms with van der Waals surface area (Å²) >= 11 is 5.94. The molecule has 0 saturated carbocycles. The number of carbonyl (C=O) groups is 1. The fraction of sp³-hybridized carbons (Fsp3) is 0.174. The van der Waals surface area contributed by atoms with E-state index in [4.69, 9.17) is 21.1 Å². The first-order valence-electron chi connectivity index (χ1n) is 9.82. The Hall–Kier alpha value is -3.58. The number of hydrogen-bond acceptors (Lipinski definition) is 5. The van der Waals surface area contributed by atoms with Crippen LogP contribution in [0.3, 0.4) is 0 Å². The molecule has 8 heteroatoms. The zero-order valence-electron chi connectivity index (χ0n) is 16.7. The Morgan fingerprint density at radius 1 is 1.10 bits per heavy atom. The maximum atomic E-state index is 13.6. The summed E-state index contributed by atoms with van der Waals surface area (Å²) in [6.45, 7) is 2.52. The van der Waals surface area contributed by atoms with Crippen molar-refractivity contribution in [1.29, 1.82) is 0 Å². The second-order valence-corrected chi connectivity index (χ2v) is 7.45. The highest BCUT2D eigenvalue weighted by atomic mass is 35.5. The zero-order valence-corrected chi connectivity index (χ0v) is 17.5. The minimum Gasteiger partial charge on any atom is -0.456 e. The number of carbonyl (C=O) groups excluding carboxylic acids is 1. The third-order valence-corrected chi connectivity index (χ3v) is 5.13. The third kappa shape index (κ3) is 4.18. The predicted octanol–water partition coefficient (Wildman–Crippen LogP) is 6.59. The van der Waals surface area contributed by atoms with Crippen LogP contribution in [0.25, 0.3) is 0 Å². The normalized spacial score (nSPS) is 12.5. The summed E-state index contributed by atoms with van der Waals surface area (Å²) in [5, 5.41) is 12.1. The molecular weight excluding hydrogens is 420 g/mol. The first kappa shape index (κ1) is 20.7. The number of rotatable bonds is 6. The first-order valence-corrected chi connectivity index (χ1v) is 10.2. The van der Waals surface area contributed by atoms with Crippen molar-refractivity contribution in [2.45, 2.75) is 19.8 Å². The molecule has 7 nitrogen and oxygen atoms in total. The molecule has 158 valence electrons. The van der Waals surface area contributed by atoms with Crippen molar-refractivity contribution >= 4 is 28.9 Å². The molecular formula is C23H19ClN2O5. The Bertz CT molecular complexity index is 1150. The molecule has 0 bridgehead atoms. The van der Waals surface area contributed by atoms with Crippen LogP contribution in [-0.2, 0) is 0 Å². The molecule has 31 heavy (non-hydrogen) atoms. The van der Waals surface area contributed by atoms with Gasteiger partial charge in [0.1, 0.15) is 11.3 Å². The number of para-hydroxylation sites is 2. The van der Waals surface area contributed by atoms with Crippen LogP contribution >= 0.6 is 11.6 Å². The Balaban J connectivity index is 1.88. The number of ether oxygens (including phenoxy) is 2. The van der Waals surface area contributed by atoms with E-state index in [0.717, 1.165) is 12.8 Å². The maximum absolute atomic E-state index is 13.6. The van der Waals surface area contributed by atoms with Gasteiger partial charge in [0.05, 0.1) is 22.7 Å². The average molecular weight is 439 g/mol. The molecule has 0 spiro atoms. The monoisotopic (exact) mass is 438 g/mol. The van der Waals surface area contributed by atoms with Crippen molar-refractivity contribution in [2.75, 3.05) is 11.4 Å². The molecule has 3 aromatic rings. The fourth-order valence-electron chi connectivity index (χ4n) is 3.35. The van der Waals surface area contributed by atoms with E-state index in [2.05, 4.69) is 0 Å². The lowest BCUT2D eigenvalue weighted by molar-refractivity contribution is -0.385. The third-order valence-electron chi connectivity index (χ3n) is 4.87. The van der Waals surface area contributed by atoms with Crippen LogP contribution in [0, 0.1) is 10.1 Å². The van der Waals surface area contributed by atoms with Crippen molar-refractivity contribution in [2.24, 2.45) is 0 Å². The second-order valence-electron chi connectivity index (χ2n) is 7.01. The Kier molecular flexibility index (Phi) is 5.77. The number of benzene rings is 3. The molecule has 0 fully saturated rings. The Labute approximate surface area is 183 Å². The molecule has 3 aromatic carbocycles. The van der Waals surface area contributed by atoms with E-state index in [1.807, 2.05) is 13.0 Å². The van der Waals surface area contributed by atoms with Gasteiger partial charge in [0.15, 0.2) is 17.2 Å². The lowest BCUT2D eigenvalue weighted by Crippen LogP contribution is -2.31. The SMILES string of the molecule is CCCCN1C(=O)c2c(Oc3ccc(Cl)cc3)cc([N+](=O)[O-])cc2Oc2ccccc21. The van der Waals surface area contributed by atoms with Crippen molar-refractivity contribution < 1.29 is 19.2 Å². The number of hydrogen-bond donors (Lipinski definition) is 0. The molecule has 0 atom stereocenters. The highest BCUT2D eigenvalue weighted by Gasteiger charge is 2.33. The van der Waals surface area contributed by atoms with Crippen LogP contribution in [0.4, 0.5) is 11.4 Å². The van der Waals surface area contributed by atoms with Crippen LogP contribution < -0.4 is 14.4 Å². The van der Waals surface area contributed by atoms with E-state index in [-0.39, 0.29) is 28.7 Å². The van der Waals surface area contributed by atoms with Gasteiger partial charge < -0.3 is 14.4 Å². The van der Waals surface area contributed by atoms with Crippen molar-refractivity contribution in [1.82, 2.24) is 0 Å². The van der Waals surface area contributed by atoms with Crippen LogP contribution in [0.5, 0.6) is 23.0 Å². The lowest BCUT2D eigenvalue weighted by atomic mass is 10.1. The summed E-state index contributed by atoms with van der Waals surface area (Å²) in [5.41, 5.74) is 0.500. The minimum absolute atomic E-state index is 0.0471. The first-order chi connectivity index (χ1) is 15.0. The topological polar surface area (TPSA) is 81.9 Å². The number of non-ortho nitro benzene ring substituents is 1. The van der Waals surface area contributed by atoms with Crippen molar-refractivity contribution in [3.8, 4) is 23.0 Å². The highest BCUT2D eigenvalue weighted by molar-refractivity contribution is 6.30. The quantitative estimate of drug-likeness (QED) is 0.320.